The van der Waals surface area contributed by atoms with Gasteiger partial charge >= 0.3 is 6.09 Å². The molecular weight excluding hydrogens is 433 g/mol. The van der Waals surface area contributed by atoms with Gasteiger partial charge in [0, 0.05) is 15.2 Å². The number of nitrogens with one attached hydrogen (secondary N) is 1. The molecule has 1 amide bonds. The summed E-state index contributed by atoms with van der Waals surface area (Å²) in [5, 5.41) is 11.5. The SMILES string of the molecule is O=C(O)Nc1cnc2c(c1)c(I)cn2S(=O)(=O)c1ccccc1. The van der Waals surface area contributed by atoms with Crippen molar-refractivity contribution in [3.63, 3.8) is 0 Å². The highest BCUT2D eigenvalue weighted by atomic mass is 127. The Labute approximate surface area is 145 Å². The molecule has 3 rings (SSSR count). The van der Waals surface area contributed by atoms with Gasteiger partial charge in [0.15, 0.2) is 5.65 Å². The number of rotatable bonds is 3. The van der Waals surface area contributed by atoms with Crippen LogP contribution in [0.2, 0.25) is 0 Å². The maximum atomic E-state index is 12.7. The molecule has 9 heteroatoms. The summed E-state index contributed by atoms with van der Waals surface area (Å²) in [5.41, 5.74) is 0.520. The third kappa shape index (κ3) is 2.88. The summed E-state index contributed by atoms with van der Waals surface area (Å²) in [6.07, 6.45) is 1.53. The topological polar surface area (TPSA) is 101 Å². The predicted octanol–water partition coefficient (Wildman–Crippen LogP) is 2.97. The third-order valence-electron chi connectivity index (χ3n) is 3.11. The lowest BCUT2D eigenvalue weighted by Gasteiger charge is -2.07. The summed E-state index contributed by atoms with van der Waals surface area (Å²) in [7, 11) is -3.77. The first-order valence-electron chi connectivity index (χ1n) is 6.37. The van der Waals surface area contributed by atoms with Crippen LogP contribution in [0.1, 0.15) is 0 Å². The van der Waals surface area contributed by atoms with Crippen LogP contribution < -0.4 is 5.32 Å². The lowest BCUT2D eigenvalue weighted by molar-refractivity contribution is 0.209. The van der Waals surface area contributed by atoms with Crippen LogP contribution in [0.4, 0.5) is 10.5 Å². The van der Waals surface area contributed by atoms with Gasteiger partial charge < -0.3 is 5.11 Å². The summed E-state index contributed by atoms with van der Waals surface area (Å²) in [6, 6.07) is 9.59. The minimum atomic E-state index is -3.77. The number of hydrogen-bond donors (Lipinski definition) is 2. The van der Waals surface area contributed by atoms with Gasteiger partial charge in [0.2, 0.25) is 0 Å². The second-order valence-electron chi connectivity index (χ2n) is 4.62. The molecule has 0 radical (unpaired) electrons. The first-order valence-corrected chi connectivity index (χ1v) is 8.88. The molecule has 2 heterocycles. The first kappa shape index (κ1) is 15.7. The summed E-state index contributed by atoms with van der Waals surface area (Å²) in [6.45, 7) is 0. The van der Waals surface area contributed by atoms with Crippen molar-refractivity contribution in [2.45, 2.75) is 4.90 Å². The molecule has 0 saturated heterocycles. The van der Waals surface area contributed by atoms with E-state index >= 15 is 0 Å². The lowest BCUT2D eigenvalue weighted by Crippen LogP contribution is -2.12. The number of hydrogen-bond acceptors (Lipinski definition) is 4. The van der Waals surface area contributed by atoms with Gasteiger partial charge in [-0.2, -0.15) is 0 Å². The zero-order chi connectivity index (χ0) is 16.6. The number of amides is 1. The fourth-order valence-corrected chi connectivity index (χ4v) is 4.33. The molecule has 0 aliphatic rings. The second-order valence-corrected chi connectivity index (χ2v) is 7.59. The number of aromatic nitrogens is 2. The van der Waals surface area contributed by atoms with Crippen LogP contribution in [0, 0.1) is 3.57 Å². The second kappa shape index (κ2) is 5.81. The van der Waals surface area contributed by atoms with E-state index in [0.29, 0.717) is 8.96 Å². The minimum absolute atomic E-state index is 0.155. The van der Waals surface area contributed by atoms with Gasteiger partial charge in [-0.05, 0) is 40.8 Å². The maximum absolute atomic E-state index is 12.7. The van der Waals surface area contributed by atoms with Gasteiger partial charge in [-0.25, -0.2) is 22.2 Å². The molecule has 0 unspecified atom stereocenters. The Morgan fingerprint density at radius 1 is 1.26 bits per heavy atom. The monoisotopic (exact) mass is 443 g/mol. The van der Waals surface area contributed by atoms with Crippen molar-refractivity contribution in [3.8, 4) is 0 Å². The summed E-state index contributed by atoms with van der Waals surface area (Å²) >= 11 is 1.99. The van der Waals surface area contributed by atoms with Crippen LogP contribution in [0.15, 0.2) is 53.7 Å². The van der Waals surface area contributed by atoms with Gasteiger partial charge in [-0.15, -0.1) is 0 Å². The Hall–Kier alpha value is -2.14. The molecule has 0 bridgehead atoms. The van der Waals surface area contributed by atoms with Gasteiger partial charge in [0.1, 0.15) is 0 Å². The van der Waals surface area contributed by atoms with E-state index in [1.54, 1.807) is 24.3 Å². The largest absolute Gasteiger partial charge is 0.465 e. The van der Waals surface area contributed by atoms with Gasteiger partial charge in [0.05, 0.1) is 16.8 Å². The Morgan fingerprint density at radius 3 is 2.61 bits per heavy atom. The van der Waals surface area contributed by atoms with Crippen LogP contribution >= 0.6 is 22.6 Å². The number of carboxylic acid groups (broad SMARTS) is 1. The number of nitrogens with zero attached hydrogens (tertiary/aromatic N) is 2. The molecule has 3 aromatic rings. The molecule has 1 aromatic carbocycles. The molecule has 2 N–H and O–H groups in total. The Morgan fingerprint density at radius 2 is 1.96 bits per heavy atom. The Bertz CT molecular complexity index is 1000. The van der Waals surface area contributed by atoms with E-state index < -0.39 is 16.1 Å². The van der Waals surface area contributed by atoms with Crippen molar-refractivity contribution < 1.29 is 18.3 Å². The zero-order valence-corrected chi connectivity index (χ0v) is 14.4. The molecule has 118 valence electrons. The van der Waals surface area contributed by atoms with E-state index in [1.807, 2.05) is 22.6 Å². The Balaban J connectivity index is 2.18. The van der Waals surface area contributed by atoms with Crippen molar-refractivity contribution in [1.82, 2.24) is 8.96 Å². The molecule has 0 fully saturated rings. The van der Waals surface area contributed by atoms with Crippen LogP contribution in [0.25, 0.3) is 11.0 Å². The number of pyridine rings is 1. The van der Waals surface area contributed by atoms with Crippen LogP contribution in [0.5, 0.6) is 0 Å². The van der Waals surface area contributed by atoms with Crippen molar-refractivity contribution in [2.24, 2.45) is 0 Å². The van der Waals surface area contributed by atoms with E-state index in [1.165, 1.54) is 24.5 Å². The van der Waals surface area contributed by atoms with E-state index in [0.717, 1.165) is 3.97 Å². The van der Waals surface area contributed by atoms with E-state index in [-0.39, 0.29) is 16.2 Å². The van der Waals surface area contributed by atoms with Crippen molar-refractivity contribution in [2.75, 3.05) is 5.32 Å². The molecule has 2 aromatic heterocycles. The molecule has 0 aliphatic carbocycles. The number of halogens is 1. The number of benzene rings is 1. The highest BCUT2D eigenvalue weighted by Crippen LogP contribution is 2.27. The van der Waals surface area contributed by atoms with Crippen LogP contribution in [-0.2, 0) is 10.0 Å². The molecular formula is C14H10IN3O4S. The van der Waals surface area contributed by atoms with Gasteiger partial charge in [0.25, 0.3) is 10.0 Å². The van der Waals surface area contributed by atoms with Crippen LogP contribution in [0.3, 0.4) is 0 Å². The Kier molecular flexibility index (Phi) is 3.98. The van der Waals surface area contributed by atoms with Crippen LogP contribution in [-0.4, -0.2) is 28.6 Å². The smallest absolute Gasteiger partial charge is 0.409 e. The lowest BCUT2D eigenvalue weighted by atomic mass is 10.3. The van der Waals surface area contributed by atoms with Crippen molar-refractivity contribution in [1.29, 1.82) is 0 Å². The molecule has 0 spiro atoms. The quantitative estimate of drug-likeness (QED) is 0.607. The first-order chi connectivity index (χ1) is 10.9. The molecule has 7 nitrogen and oxygen atoms in total. The highest BCUT2D eigenvalue weighted by molar-refractivity contribution is 14.1. The average molecular weight is 443 g/mol. The fourth-order valence-electron chi connectivity index (χ4n) is 2.12. The molecule has 0 saturated carbocycles. The minimum Gasteiger partial charge on any atom is -0.465 e. The van der Waals surface area contributed by atoms with Gasteiger partial charge in [-0.1, -0.05) is 18.2 Å². The summed E-state index contributed by atoms with van der Waals surface area (Å²) in [5.74, 6) is 0. The molecule has 0 atom stereocenters. The summed E-state index contributed by atoms with van der Waals surface area (Å²) < 4.78 is 27.2. The number of fused-ring (bicyclic) bond motifs is 1. The van der Waals surface area contributed by atoms with Gasteiger partial charge in [-0.3, -0.25) is 5.32 Å². The standard InChI is InChI=1S/C14H10IN3O4S/c15-12-8-18(23(21,22)10-4-2-1-3-5-10)13-11(12)6-9(7-16-13)17-14(19)20/h1-8,17H,(H,19,20). The normalized spacial score (nSPS) is 11.5. The molecule has 23 heavy (non-hydrogen) atoms. The number of anilines is 1. The summed E-state index contributed by atoms with van der Waals surface area (Å²) in [4.78, 5) is 15.0. The highest BCUT2D eigenvalue weighted by Gasteiger charge is 2.21. The number of carbonyl (C=O) groups is 1. The fraction of sp³-hybridized carbons (Fsp3) is 0. The van der Waals surface area contributed by atoms with E-state index in [2.05, 4.69) is 10.3 Å². The predicted molar refractivity (Wildman–Crippen MR) is 93.1 cm³/mol. The van der Waals surface area contributed by atoms with Crippen molar-refractivity contribution in [3.05, 3.63) is 52.4 Å². The maximum Gasteiger partial charge on any atom is 0.409 e. The van der Waals surface area contributed by atoms with E-state index in [9.17, 15) is 13.2 Å². The van der Waals surface area contributed by atoms with E-state index in [4.69, 9.17) is 5.11 Å². The molecule has 0 aliphatic heterocycles. The third-order valence-corrected chi connectivity index (χ3v) is 5.64. The zero-order valence-electron chi connectivity index (χ0n) is 11.5. The van der Waals surface area contributed by atoms with Crippen molar-refractivity contribution >= 4 is 55.4 Å². The average Bonchev–Trinajstić information content (AvgIpc) is 2.85.